The summed E-state index contributed by atoms with van der Waals surface area (Å²) >= 11 is 9.44. The molecule has 0 saturated carbocycles. The van der Waals surface area contributed by atoms with E-state index < -0.39 is 0 Å². The van der Waals surface area contributed by atoms with Gasteiger partial charge in [0.1, 0.15) is 0 Å². The molecule has 0 aliphatic rings. The third kappa shape index (κ3) is 3.41. The minimum absolute atomic E-state index is 0.0134. The number of carbonyl (C=O) groups is 1. The molecule has 2 rings (SSSR count). The van der Waals surface area contributed by atoms with E-state index >= 15 is 0 Å². The number of aryl methyl sites for hydroxylation is 1. The highest BCUT2D eigenvalue weighted by Gasteiger charge is 2.16. The summed E-state index contributed by atoms with van der Waals surface area (Å²) in [4.78, 5) is 14.2. The monoisotopic (exact) mass is 351 g/mol. The molecule has 0 aliphatic carbocycles. The van der Waals surface area contributed by atoms with Gasteiger partial charge in [0.25, 0.3) is 5.91 Å². The Balaban J connectivity index is 2.19. The van der Waals surface area contributed by atoms with Crippen molar-refractivity contribution in [2.75, 3.05) is 7.05 Å². The maximum atomic E-state index is 12.5. The number of hydrogen-bond acceptors (Lipinski definition) is 1. The Bertz CT molecular complexity index is 642. The first-order chi connectivity index (χ1) is 9.49. The lowest BCUT2D eigenvalue weighted by Crippen LogP contribution is -2.26. The van der Waals surface area contributed by atoms with Gasteiger partial charge in [-0.3, -0.25) is 4.79 Å². The van der Waals surface area contributed by atoms with Gasteiger partial charge >= 0.3 is 0 Å². The predicted octanol–water partition coefficient (Wildman–Crippen LogP) is 4.68. The maximum Gasteiger partial charge on any atom is 0.255 e. The number of rotatable bonds is 3. The molecule has 0 bridgehead atoms. The van der Waals surface area contributed by atoms with Crippen molar-refractivity contribution in [3.63, 3.8) is 0 Å². The number of benzene rings is 2. The van der Waals surface area contributed by atoms with Gasteiger partial charge < -0.3 is 4.90 Å². The molecule has 20 heavy (non-hydrogen) atoms. The zero-order valence-electron chi connectivity index (χ0n) is 11.4. The molecule has 0 aromatic heterocycles. The van der Waals surface area contributed by atoms with Crippen LogP contribution in [-0.2, 0) is 6.54 Å². The molecule has 0 atom stereocenters. The van der Waals surface area contributed by atoms with E-state index in [9.17, 15) is 4.79 Å². The Labute approximate surface area is 132 Å². The summed E-state index contributed by atoms with van der Waals surface area (Å²) in [6, 6.07) is 13.2. The number of amides is 1. The first-order valence-electron chi connectivity index (χ1n) is 6.24. The zero-order chi connectivity index (χ0) is 14.7. The molecular formula is C16H15BrClNO. The third-order valence-electron chi connectivity index (χ3n) is 3.08. The molecule has 0 spiro atoms. The van der Waals surface area contributed by atoms with Crippen molar-refractivity contribution in [1.29, 1.82) is 0 Å². The number of nitrogens with zero attached hydrogens (tertiary/aromatic N) is 1. The Morgan fingerprint density at radius 1 is 1.25 bits per heavy atom. The van der Waals surface area contributed by atoms with Gasteiger partial charge in [0, 0.05) is 23.1 Å². The largest absolute Gasteiger partial charge is 0.337 e. The fraction of sp³-hybridized carbons (Fsp3) is 0.188. The van der Waals surface area contributed by atoms with E-state index in [1.165, 1.54) is 0 Å². The lowest BCUT2D eigenvalue weighted by atomic mass is 10.1. The van der Waals surface area contributed by atoms with E-state index in [-0.39, 0.29) is 5.91 Å². The molecule has 0 heterocycles. The summed E-state index contributed by atoms with van der Waals surface area (Å²) < 4.78 is 0.850. The van der Waals surface area contributed by atoms with Crippen LogP contribution >= 0.6 is 27.5 Å². The SMILES string of the molecule is Cc1cccc(C(=O)N(C)Cc2cccc(Cl)c2)c1Br. The van der Waals surface area contributed by atoms with Crippen molar-refractivity contribution in [2.24, 2.45) is 0 Å². The first-order valence-corrected chi connectivity index (χ1v) is 7.41. The molecule has 0 aliphatic heterocycles. The van der Waals surface area contributed by atoms with Crippen molar-refractivity contribution >= 4 is 33.4 Å². The van der Waals surface area contributed by atoms with Crippen molar-refractivity contribution < 1.29 is 4.79 Å². The summed E-state index contributed by atoms with van der Waals surface area (Å²) in [6.07, 6.45) is 0. The van der Waals surface area contributed by atoms with E-state index in [4.69, 9.17) is 11.6 Å². The van der Waals surface area contributed by atoms with Crippen LogP contribution in [0.2, 0.25) is 5.02 Å². The van der Waals surface area contributed by atoms with Crippen molar-refractivity contribution in [3.05, 3.63) is 68.7 Å². The molecule has 0 N–H and O–H groups in total. The molecule has 2 aromatic rings. The molecule has 0 saturated heterocycles. The third-order valence-corrected chi connectivity index (χ3v) is 4.37. The fourth-order valence-electron chi connectivity index (χ4n) is 2.00. The standard InChI is InChI=1S/C16H15BrClNO/c1-11-5-3-8-14(15(11)17)16(20)19(2)10-12-6-4-7-13(18)9-12/h3-9H,10H2,1-2H3. The van der Waals surface area contributed by atoms with E-state index in [2.05, 4.69) is 15.9 Å². The molecule has 1 amide bonds. The molecule has 4 heteroatoms. The molecule has 2 nitrogen and oxygen atoms in total. The van der Waals surface area contributed by atoms with Gasteiger partial charge in [0.15, 0.2) is 0 Å². The second kappa shape index (κ2) is 6.42. The van der Waals surface area contributed by atoms with Crippen LogP contribution in [0.4, 0.5) is 0 Å². The van der Waals surface area contributed by atoms with E-state index in [1.54, 1.807) is 11.9 Å². The fourth-order valence-corrected chi connectivity index (χ4v) is 2.65. The lowest BCUT2D eigenvalue weighted by molar-refractivity contribution is 0.0784. The van der Waals surface area contributed by atoms with Gasteiger partial charge in [0.2, 0.25) is 0 Å². The highest BCUT2D eigenvalue weighted by atomic mass is 79.9. The van der Waals surface area contributed by atoms with Crippen LogP contribution < -0.4 is 0 Å². The summed E-state index contributed by atoms with van der Waals surface area (Å²) in [6.45, 7) is 2.50. The smallest absolute Gasteiger partial charge is 0.255 e. The quantitative estimate of drug-likeness (QED) is 0.785. The Hall–Kier alpha value is -1.32. The zero-order valence-corrected chi connectivity index (χ0v) is 13.7. The minimum Gasteiger partial charge on any atom is -0.337 e. The maximum absolute atomic E-state index is 12.5. The molecule has 104 valence electrons. The second-order valence-electron chi connectivity index (χ2n) is 4.73. The van der Waals surface area contributed by atoms with Gasteiger partial charge in [-0.05, 0) is 52.2 Å². The van der Waals surface area contributed by atoms with E-state index in [0.29, 0.717) is 17.1 Å². The van der Waals surface area contributed by atoms with Crippen LogP contribution in [0.25, 0.3) is 0 Å². The van der Waals surface area contributed by atoms with Gasteiger partial charge in [-0.15, -0.1) is 0 Å². The van der Waals surface area contributed by atoms with Gasteiger partial charge in [-0.25, -0.2) is 0 Å². The predicted molar refractivity (Wildman–Crippen MR) is 86.1 cm³/mol. The van der Waals surface area contributed by atoms with Crippen LogP contribution in [0.15, 0.2) is 46.9 Å². The van der Waals surface area contributed by atoms with Crippen molar-refractivity contribution in [3.8, 4) is 0 Å². The average Bonchev–Trinajstić information content (AvgIpc) is 2.41. The Morgan fingerprint density at radius 2 is 1.95 bits per heavy atom. The topological polar surface area (TPSA) is 20.3 Å². The highest BCUT2D eigenvalue weighted by Crippen LogP contribution is 2.23. The summed E-state index contributed by atoms with van der Waals surface area (Å²) in [7, 11) is 1.79. The van der Waals surface area contributed by atoms with Crippen LogP contribution in [0, 0.1) is 6.92 Å². The van der Waals surface area contributed by atoms with Crippen LogP contribution in [0.5, 0.6) is 0 Å². The molecule has 0 radical (unpaired) electrons. The number of carbonyl (C=O) groups excluding carboxylic acids is 1. The first kappa shape index (κ1) is 15.1. The van der Waals surface area contributed by atoms with Gasteiger partial charge in [-0.2, -0.15) is 0 Å². The van der Waals surface area contributed by atoms with Crippen molar-refractivity contribution in [1.82, 2.24) is 4.90 Å². The minimum atomic E-state index is -0.0134. The van der Waals surface area contributed by atoms with Crippen molar-refractivity contribution in [2.45, 2.75) is 13.5 Å². The second-order valence-corrected chi connectivity index (χ2v) is 5.96. The number of hydrogen-bond donors (Lipinski definition) is 0. The summed E-state index contributed by atoms with van der Waals surface area (Å²) in [5, 5.41) is 0.681. The van der Waals surface area contributed by atoms with E-state index in [0.717, 1.165) is 15.6 Å². The number of halogens is 2. The highest BCUT2D eigenvalue weighted by molar-refractivity contribution is 9.10. The molecule has 0 unspecified atom stereocenters. The average molecular weight is 353 g/mol. The van der Waals surface area contributed by atoms with Crippen LogP contribution in [0.3, 0.4) is 0 Å². The molecule has 0 fully saturated rings. The summed E-state index contributed by atoms with van der Waals surface area (Å²) in [5.41, 5.74) is 2.73. The molecule has 2 aromatic carbocycles. The van der Waals surface area contributed by atoms with Gasteiger partial charge in [-0.1, -0.05) is 35.9 Å². The van der Waals surface area contributed by atoms with Gasteiger partial charge in [0.05, 0.1) is 5.56 Å². The van der Waals surface area contributed by atoms with Crippen LogP contribution in [0.1, 0.15) is 21.5 Å². The Kier molecular flexibility index (Phi) is 4.84. The van der Waals surface area contributed by atoms with Crippen LogP contribution in [-0.4, -0.2) is 17.9 Å². The Morgan fingerprint density at radius 3 is 2.65 bits per heavy atom. The lowest BCUT2D eigenvalue weighted by Gasteiger charge is -2.18. The normalized spacial score (nSPS) is 10.4. The summed E-state index contributed by atoms with van der Waals surface area (Å²) in [5.74, 6) is -0.0134. The molecular weight excluding hydrogens is 338 g/mol. The van der Waals surface area contributed by atoms with E-state index in [1.807, 2.05) is 49.4 Å².